The molecule has 2 aromatic rings. The van der Waals surface area contributed by atoms with Crippen LogP contribution in [-0.4, -0.2) is 31.2 Å². The third kappa shape index (κ3) is 5.39. The molecule has 1 atom stereocenters. The minimum atomic E-state index is -3.66. The molecular weight excluding hydrogens is 408 g/mol. The van der Waals surface area contributed by atoms with Crippen LogP contribution in [0.4, 0.5) is 11.4 Å². The summed E-state index contributed by atoms with van der Waals surface area (Å²) in [6, 6.07) is 10.4. The Bertz CT molecular complexity index is 1060. The Kier molecular flexibility index (Phi) is 6.33. The fourth-order valence-electron chi connectivity index (χ4n) is 3.14. The minimum absolute atomic E-state index is 0.103. The van der Waals surface area contributed by atoms with Crippen LogP contribution in [0, 0.1) is 13.8 Å². The molecule has 0 spiro atoms. The van der Waals surface area contributed by atoms with E-state index < -0.39 is 9.84 Å². The van der Waals surface area contributed by atoms with E-state index in [2.05, 4.69) is 10.6 Å². The molecular formula is C21H24N2O4S2. The van der Waals surface area contributed by atoms with Gasteiger partial charge in [0.05, 0.1) is 16.3 Å². The standard InChI is InChI=1S/C21H24N2O4S2/c1-13-4-6-17(14(2)10-13)22-20(24)8-9-29(26,27)16-5-7-19-18(12-16)23-21(25)11-15(3)28-19/h4-7,10,12,15H,8-9,11H2,1-3H3,(H,22,24)(H,23,25)/t15-/m1/s1. The van der Waals surface area contributed by atoms with Crippen LogP contribution in [0.1, 0.15) is 30.9 Å². The number of nitrogens with one attached hydrogen (secondary N) is 2. The zero-order chi connectivity index (χ0) is 21.2. The Morgan fingerprint density at radius 2 is 1.97 bits per heavy atom. The van der Waals surface area contributed by atoms with Gasteiger partial charge in [-0.2, -0.15) is 0 Å². The van der Waals surface area contributed by atoms with Crippen molar-refractivity contribution >= 4 is 44.8 Å². The Morgan fingerprint density at radius 1 is 1.21 bits per heavy atom. The van der Waals surface area contributed by atoms with Crippen molar-refractivity contribution in [3.05, 3.63) is 47.5 Å². The van der Waals surface area contributed by atoms with Crippen LogP contribution in [0.5, 0.6) is 0 Å². The summed E-state index contributed by atoms with van der Waals surface area (Å²) in [6.45, 7) is 5.81. The summed E-state index contributed by atoms with van der Waals surface area (Å²) in [7, 11) is -3.66. The molecule has 6 nitrogen and oxygen atoms in total. The third-order valence-electron chi connectivity index (χ3n) is 4.64. The van der Waals surface area contributed by atoms with Crippen molar-refractivity contribution in [2.24, 2.45) is 0 Å². The molecule has 1 heterocycles. The molecule has 0 radical (unpaired) electrons. The lowest BCUT2D eigenvalue weighted by Crippen LogP contribution is -2.18. The van der Waals surface area contributed by atoms with Crippen molar-refractivity contribution in [2.45, 2.75) is 48.7 Å². The van der Waals surface area contributed by atoms with E-state index in [4.69, 9.17) is 0 Å². The van der Waals surface area contributed by atoms with Crippen LogP contribution >= 0.6 is 11.8 Å². The van der Waals surface area contributed by atoms with Crippen molar-refractivity contribution in [3.63, 3.8) is 0 Å². The summed E-state index contributed by atoms with van der Waals surface area (Å²) in [6.07, 6.45) is 0.227. The van der Waals surface area contributed by atoms with Crippen LogP contribution in [-0.2, 0) is 19.4 Å². The van der Waals surface area contributed by atoms with Crippen molar-refractivity contribution in [1.29, 1.82) is 0 Å². The van der Waals surface area contributed by atoms with Gasteiger partial charge in [0.25, 0.3) is 0 Å². The van der Waals surface area contributed by atoms with E-state index in [0.29, 0.717) is 17.8 Å². The first-order valence-electron chi connectivity index (χ1n) is 9.34. The number of aryl methyl sites for hydroxylation is 2. The Morgan fingerprint density at radius 3 is 2.69 bits per heavy atom. The first-order valence-corrected chi connectivity index (χ1v) is 11.9. The third-order valence-corrected chi connectivity index (χ3v) is 7.53. The Labute approximate surface area is 175 Å². The molecule has 8 heteroatoms. The number of sulfone groups is 1. The van der Waals surface area contributed by atoms with Crippen LogP contribution in [0.3, 0.4) is 0 Å². The van der Waals surface area contributed by atoms with Crippen molar-refractivity contribution in [3.8, 4) is 0 Å². The number of anilines is 2. The Hall–Kier alpha value is -2.32. The molecule has 0 saturated heterocycles. The van der Waals surface area contributed by atoms with Gasteiger partial charge in [-0.05, 0) is 43.7 Å². The predicted octanol–water partition coefficient (Wildman–Crippen LogP) is 3.93. The molecule has 1 aliphatic rings. The quantitative estimate of drug-likeness (QED) is 0.747. The van der Waals surface area contributed by atoms with Gasteiger partial charge in [-0.3, -0.25) is 9.59 Å². The monoisotopic (exact) mass is 432 g/mol. The second kappa shape index (κ2) is 8.59. The Balaban J connectivity index is 1.69. The molecule has 29 heavy (non-hydrogen) atoms. The van der Waals surface area contributed by atoms with E-state index in [1.54, 1.807) is 6.07 Å². The smallest absolute Gasteiger partial charge is 0.225 e. The lowest BCUT2D eigenvalue weighted by molar-refractivity contribution is -0.116. The molecule has 154 valence electrons. The number of hydrogen-bond donors (Lipinski definition) is 2. The van der Waals surface area contributed by atoms with Crippen LogP contribution < -0.4 is 10.6 Å². The number of carbonyl (C=O) groups excluding carboxylic acids is 2. The summed E-state index contributed by atoms with van der Waals surface area (Å²) >= 11 is 1.54. The summed E-state index contributed by atoms with van der Waals surface area (Å²) < 4.78 is 25.4. The molecule has 2 aromatic carbocycles. The van der Waals surface area contributed by atoms with Gasteiger partial charge in [0.2, 0.25) is 11.8 Å². The van der Waals surface area contributed by atoms with Gasteiger partial charge in [0, 0.05) is 28.7 Å². The molecule has 0 unspecified atom stereocenters. The van der Waals surface area contributed by atoms with Gasteiger partial charge >= 0.3 is 0 Å². The summed E-state index contributed by atoms with van der Waals surface area (Å²) in [4.78, 5) is 25.1. The molecule has 0 aliphatic carbocycles. The van der Waals surface area contributed by atoms with E-state index >= 15 is 0 Å². The van der Waals surface area contributed by atoms with Gasteiger partial charge in [-0.15, -0.1) is 11.8 Å². The van der Waals surface area contributed by atoms with Gasteiger partial charge in [-0.1, -0.05) is 24.6 Å². The predicted molar refractivity (Wildman–Crippen MR) is 116 cm³/mol. The lowest BCUT2D eigenvalue weighted by atomic mass is 10.1. The number of benzene rings is 2. The largest absolute Gasteiger partial charge is 0.326 e. The fraction of sp³-hybridized carbons (Fsp3) is 0.333. The zero-order valence-electron chi connectivity index (χ0n) is 16.6. The molecule has 3 rings (SSSR count). The minimum Gasteiger partial charge on any atom is -0.326 e. The SMILES string of the molecule is Cc1ccc(NC(=O)CCS(=O)(=O)c2ccc3c(c2)NC(=O)C[C@@H](C)S3)c(C)c1. The lowest BCUT2D eigenvalue weighted by Gasteiger charge is -2.11. The number of amides is 2. The van der Waals surface area contributed by atoms with E-state index in [-0.39, 0.29) is 34.1 Å². The number of carbonyl (C=O) groups is 2. The highest BCUT2D eigenvalue weighted by atomic mass is 32.2. The van der Waals surface area contributed by atoms with E-state index in [0.717, 1.165) is 16.0 Å². The van der Waals surface area contributed by atoms with Crippen LogP contribution in [0.15, 0.2) is 46.2 Å². The maximum atomic E-state index is 12.7. The first-order chi connectivity index (χ1) is 13.6. The molecule has 2 N–H and O–H groups in total. The molecule has 1 aliphatic heterocycles. The summed E-state index contributed by atoms with van der Waals surface area (Å²) in [5.41, 5.74) is 3.20. The molecule has 0 bridgehead atoms. The van der Waals surface area contributed by atoms with Crippen LogP contribution in [0.2, 0.25) is 0 Å². The second-order valence-electron chi connectivity index (χ2n) is 7.27. The molecule has 0 saturated carbocycles. The van der Waals surface area contributed by atoms with E-state index in [1.165, 1.54) is 23.9 Å². The normalized spacial score (nSPS) is 16.5. The van der Waals surface area contributed by atoms with Gasteiger partial charge in [0.15, 0.2) is 9.84 Å². The van der Waals surface area contributed by atoms with Gasteiger partial charge in [-0.25, -0.2) is 8.42 Å². The van der Waals surface area contributed by atoms with Crippen molar-refractivity contribution in [1.82, 2.24) is 0 Å². The highest BCUT2D eigenvalue weighted by Gasteiger charge is 2.23. The van der Waals surface area contributed by atoms with Gasteiger partial charge < -0.3 is 10.6 Å². The van der Waals surface area contributed by atoms with E-state index in [9.17, 15) is 18.0 Å². The average Bonchev–Trinajstić information content (AvgIpc) is 2.78. The number of thioether (sulfide) groups is 1. The second-order valence-corrected chi connectivity index (χ2v) is 10.9. The summed E-state index contributed by atoms with van der Waals surface area (Å²) in [5, 5.41) is 5.65. The first kappa shape index (κ1) is 21.4. The van der Waals surface area contributed by atoms with Crippen LogP contribution in [0.25, 0.3) is 0 Å². The summed E-state index contributed by atoms with van der Waals surface area (Å²) in [5.74, 6) is -0.792. The maximum absolute atomic E-state index is 12.7. The van der Waals surface area contributed by atoms with E-state index in [1.807, 2.05) is 39.0 Å². The maximum Gasteiger partial charge on any atom is 0.225 e. The molecule has 2 amide bonds. The topological polar surface area (TPSA) is 92.3 Å². The zero-order valence-corrected chi connectivity index (χ0v) is 18.2. The number of hydrogen-bond acceptors (Lipinski definition) is 5. The molecule has 0 fully saturated rings. The highest BCUT2D eigenvalue weighted by Crippen LogP contribution is 2.36. The number of fused-ring (bicyclic) bond motifs is 1. The molecule has 0 aromatic heterocycles. The average molecular weight is 433 g/mol. The van der Waals surface area contributed by atoms with Gasteiger partial charge in [0.1, 0.15) is 0 Å². The highest BCUT2D eigenvalue weighted by molar-refractivity contribution is 8.00. The van der Waals surface area contributed by atoms with Crippen molar-refractivity contribution in [2.75, 3.05) is 16.4 Å². The fourth-order valence-corrected chi connectivity index (χ4v) is 5.45. The van der Waals surface area contributed by atoms with Crippen molar-refractivity contribution < 1.29 is 18.0 Å². The number of rotatable bonds is 5.